The Morgan fingerprint density at radius 2 is 1.82 bits per heavy atom. The molecule has 0 aliphatic heterocycles. The third-order valence-corrected chi connectivity index (χ3v) is 4.15. The van der Waals surface area contributed by atoms with E-state index in [9.17, 15) is 5.11 Å². The van der Waals surface area contributed by atoms with E-state index in [1.807, 2.05) is 43.4 Å². The molecule has 0 radical (unpaired) electrons. The van der Waals surface area contributed by atoms with Crippen LogP contribution in [0.4, 0.5) is 0 Å². The molecular formula is C17H19Br2NO2. The maximum absolute atomic E-state index is 10.1. The van der Waals surface area contributed by atoms with Crippen molar-refractivity contribution in [2.45, 2.75) is 12.6 Å². The van der Waals surface area contributed by atoms with Gasteiger partial charge in [0, 0.05) is 22.0 Å². The van der Waals surface area contributed by atoms with Crippen LogP contribution in [0, 0.1) is 0 Å². The van der Waals surface area contributed by atoms with Gasteiger partial charge in [0.2, 0.25) is 0 Å². The highest BCUT2D eigenvalue weighted by Crippen LogP contribution is 2.18. The monoisotopic (exact) mass is 427 g/mol. The van der Waals surface area contributed by atoms with Crippen molar-refractivity contribution in [1.29, 1.82) is 0 Å². The number of aliphatic hydroxyl groups is 1. The molecule has 2 rings (SSSR count). The summed E-state index contributed by atoms with van der Waals surface area (Å²) in [5.41, 5.74) is 1.21. The topological polar surface area (TPSA) is 32.7 Å². The zero-order valence-electron chi connectivity index (χ0n) is 12.4. The standard InChI is InChI=1S/C17H19Br2NO2/c1-20(10-13-5-7-14(18)8-6-13)11-16(21)12-22-17-4-2-3-15(19)9-17/h2-9,16,21H,10-12H2,1H3/t16-/m0/s1. The zero-order valence-corrected chi connectivity index (χ0v) is 15.5. The Morgan fingerprint density at radius 1 is 1.09 bits per heavy atom. The molecule has 1 atom stereocenters. The Labute approximate surface area is 148 Å². The SMILES string of the molecule is CN(Cc1ccc(Br)cc1)C[C@H](O)COc1cccc(Br)c1. The van der Waals surface area contributed by atoms with Gasteiger partial charge >= 0.3 is 0 Å². The Kier molecular flexibility index (Phi) is 6.89. The van der Waals surface area contributed by atoms with E-state index < -0.39 is 6.10 Å². The summed E-state index contributed by atoms with van der Waals surface area (Å²) in [5, 5.41) is 10.1. The van der Waals surface area contributed by atoms with Crippen LogP contribution in [-0.2, 0) is 6.54 Å². The number of aliphatic hydroxyl groups excluding tert-OH is 1. The number of ether oxygens (including phenoxy) is 1. The molecule has 0 fully saturated rings. The molecule has 5 heteroatoms. The lowest BCUT2D eigenvalue weighted by atomic mass is 10.2. The van der Waals surface area contributed by atoms with E-state index in [2.05, 4.69) is 48.9 Å². The number of hydrogen-bond donors (Lipinski definition) is 1. The van der Waals surface area contributed by atoms with Crippen LogP contribution < -0.4 is 4.74 Å². The predicted molar refractivity (Wildman–Crippen MR) is 96.1 cm³/mol. The lowest BCUT2D eigenvalue weighted by molar-refractivity contribution is 0.0744. The molecule has 3 nitrogen and oxygen atoms in total. The van der Waals surface area contributed by atoms with Crippen LogP contribution in [0.15, 0.2) is 57.5 Å². The summed E-state index contributed by atoms with van der Waals surface area (Å²) in [4.78, 5) is 2.08. The molecule has 2 aromatic rings. The summed E-state index contributed by atoms with van der Waals surface area (Å²) in [6.07, 6.45) is -0.528. The minimum atomic E-state index is -0.528. The maximum atomic E-state index is 10.1. The van der Waals surface area contributed by atoms with E-state index in [4.69, 9.17) is 4.74 Å². The van der Waals surface area contributed by atoms with E-state index in [0.29, 0.717) is 6.54 Å². The summed E-state index contributed by atoms with van der Waals surface area (Å²) in [5.74, 6) is 0.754. The number of rotatable bonds is 7. The average Bonchev–Trinajstić information content (AvgIpc) is 2.47. The quantitative estimate of drug-likeness (QED) is 0.720. The van der Waals surface area contributed by atoms with E-state index >= 15 is 0 Å². The van der Waals surface area contributed by atoms with E-state index in [1.54, 1.807) is 0 Å². The summed E-state index contributed by atoms with van der Waals surface area (Å²) in [6, 6.07) is 15.8. The van der Waals surface area contributed by atoms with Crippen LogP contribution in [0.5, 0.6) is 5.75 Å². The van der Waals surface area contributed by atoms with Crippen LogP contribution in [0.2, 0.25) is 0 Å². The molecule has 0 saturated heterocycles. The first kappa shape index (κ1) is 17.5. The Balaban J connectivity index is 1.76. The molecule has 118 valence electrons. The van der Waals surface area contributed by atoms with Crippen molar-refractivity contribution >= 4 is 31.9 Å². The second-order valence-corrected chi connectivity index (χ2v) is 7.08. The number of halogens is 2. The van der Waals surface area contributed by atoms with Crippen LogP contribution in [-0.4, -0.2) is 36.3 Å². The number of benzene rings is 2. The summed E-state index contributed by atoms with van der Waals surface area (Å²) in [7, 11) is 1.99. The van der Waals surface area contributed by atoms with Crippen molar-refractivity contribution in [3.05, 3.63) is 63.0 Å². The minimum absolute atomic E-state index is 0.279. The second-order valence-electron chi connectivity index (χ2n) is 5.25. The molecule has 22 heavy (non-hydrogen) atoms. The van der Waals surface area contributed by atoms with E-state index in [1.165, 1.54) is 5.56 Å². The van der Waals surface area contributed by atoms with E-state index in [-0.39, 0.29) is 6.61 Å². The fourth-order valence-electron chi connectivity index (χ4n) is 2.13. The molecule has 0 aliphatic rings. The molecule has 0 saturated carbocycles. The fourth-order valence-corrected chi connectivity index (χ4v) is 2.77. The van der Waals surface area contributed by atoms with Gasteiger partial charge in [-0.25, -0.2) is 0 Å². The lowest BCUT2D eigenvalue weighted by Crippen LogP contribution is -2.32. The molecule has 0 aromatic heterocycles. The number of hydrogen-bond acceptors (Lipinski definition) is 3. The van der Waals surface area contributed by atoms with Crippen molar-refractivity contribution in [2.75, 3.05) is 20.2 Å². The van der Waals surface area contributed by atoms with Gasteiger partial charge in [-0.1, -0.05) is 50.1 Å². The van der Waals surface area contributed by atoms with Crippen molar-refractivity contribution in [3.8, 4) is 5.75 Å². The van der Waals surface area contributed by atoms with Gasteiger partial charge in [0.1, 0.15) is 18.5 Å². The Hall–Kier alpha value is -0.880. The van der Waals surface area contributed by atoms with Crippen LogP contribution in [0.3, 0.4) is 0 Å². The van der Waals surface area contributed by atoms with Gasteiger partial charge in [0.05, 0.1) is 0 Å². The first-order valence-corrected chi connectivity index (χ1v) is 8.61. The third kappa shape index (κ3) is 6.08. The van der Waals surface area contributed by atoms with Crippen molar-refractivity contribution < 1.29 is 9.84 Å². The molecule has 2 aromatic carbocycles. The second kappa shape index (κ2) is 8.67. The van der Waals surface area contributed by atoms with Gasteiger partial charge in [-0.2, -0.15) is 0 Å². The van der Waals surface area contributed by atoms with E-state index in [0.717, 1.165) is 21.2 Å². The Morgan fingerprint density at radius 3 is 2.50 bits per heavy atom. The smallest absolute Gasteiger partial charge is 0.120 e. The maximum Gasteiger partial charge on any atom is 0.120 e. The molecule has 0 unspecified atom stereocenters. The highest BCUT2D eigenvalue weighted by molar-refractivity contribution is 9.10. The van der Waals surface area contributed by atoms with Gasteiger partial charge < -0.3 is 9.84 Å². The number of nitrogens with zero attached hydrogens (tertiary/aromatic N) is 1. The highest BCUT2D eigenvalue weighted by atomic mass is 79.9. The summed E-state index contributed by atoms with van der Waals surface area (Å²) >= 11 is 6.82. The molecule has 0 amide bonds. The summed E-state index contributed by atoms with van der Waals surface area (Å²) in [6.45, 7) is 1.63. The lowest BCUT2D eigenvalue weighted by Gasteiger charge is -2.21. The van der Waals surface area contributed by atoms with Gasteiger partial charge in [0.25, 0.3) is 0 Å². The van der Waals surface area contributed by atoms with Crippen LogP contribution >= 0.6 is 31.9 Å². The van der Waals surface area contributed by atoms with Gasteiger partial charge in [-0.15, -0.1) is 0 Å². The van der Waals surface area contributed by atoms with Gasteiger partial charge in [0.15, 0.2) is 0 Å². The van der Waals surface area contributed by atoms with Gasteiger partial charge in [-0.05, 0) is 42.9 Å². The third-order valence-electron chi connectivity index (χ3n) is 3.13. The van der Waals surface area contributed by atoms with Crippen LogP contribution in [0.1, 0.15) is 5.56 Å². The Bertz CT molecular complexity index is 589. The zero-order chi connectivity index (χ0) is 15.9. The van der Waals surface area contributed by atoms with Crippen molar-refractivity contribution in [1.82, 2.24) is 4.90 Å². The normalized spacial score (nSPS) is 12.4. The highest BCUT2D eigenvalue weighted by Gasteiger charge is 2.10. The predicted octanol–water partition coefficient (Wildman–Crippen LogP) is 4.08. The molecule has 0 spiro atoms. The first-order chi connectivity index (χ1) is 10.5. The molecule has 0 heterocycles. The molecule has 0 aliphatic carbocycles. The van der Waals surface area contributed by atoms with Crippen molar-refractivity contribution in [3.63, 3.8) is 0 Å². The first-order valence-electron chi connectivity index (χ1n) is 7.02. The molecule has 1 N–H and O–H groups in total. The largest absolute Gasteiger partial charge is 0.491 e. The molecular weight excluding hydrogens is 410 g/mol. The minimum Gasteiger partial charge on any atom is -0.491 e. The summed E-state index contributed by atoms with van der Waals surface area (Å²) < 4.78 is 7.64. The fraction of sp³-hybridized carbons (Fsp3) is 0.294. The average molecular weight is 429 g/mol. The van der Waals surface area contributed by atoms with Crippen molar-refractivity contribution in [2.24, 2.45) is 0 Å². The number of likely N-dealkylation sites (N-methyl/N-ethyl adjacent to an activating group) is 1. The molecule has 0 bridgehead atoms. The van der Waals surface area contributed by atoms with Crippen LogP contribution in [0.25, 0.3) is 0 Å². The van der Waals surface area contributed by atoms with Gasteiger partial charge in [-0.3, -0.25) is 4.90 Å².